The number of benzene rings is 3. The molecule has 1 saturated heterocycles. The van der Waals surface area contributed by atoms with Gasteiger partial charge in [-0.3, -0.25) is 9.69 Å². The van der Waals surface area contributed by atoms with Crippen molar-refractivity contribution in [3.05, 3.63) is 101 Å². The van der Waals surface area contributed by atoms with Gasteiger partial charge in [-0.2, -0.15) is 0 Å². The van der Waals surface area contributed by atoms with Crippen LogP contribution in [0.3, 0.4) is 0 Å². The summed E-state index contributed by atoms with van der Waals surface area (Å²) in [7, 11) is 2.09. The summed E-state index contributed by atoms with van der Waals surface area (Å²) in [5.74, 6) is -0.723. The predicted octanol–water partition coefficient (Wildman–Crippen LogP) is 6.97. The highest BCUT2D eigenvalue weighted by Gasteiger charge is 2.39. The maximum atomic E-state index is 12.2. The summed E-state index contributed by atoms with van der Waals surface area (Å²) in [6.07, 6.45) is -1.12. The third kappa shape index (κ3) is 7.53. The maximum absolute atomic E-state index is 12.2. The van der Waals surface area contributed by atoms with Crippen LogP contribution in [-0.2, 0) is 20.9 Å². The number of alkyl halides is 3. The summed E-state index contributed by atoms with van der Waals surface area (Å²) in [6, 6.07) is 25.5. The lowest BCUT2D eigenvalue weighted by atomic mass is 9.89. The van der Waals surface area contributed by atoms with Gasteiger partial charge in [-0.25, -0.2) is 0 Å². The molecule has 1 aliphatic heterocycles. The third-order valence-corrected chi connectivity index (χ3v) is 7.72. The Bertz CT molecular complexity index is 1240. The molecule has 4 rings (SSSR count). The van der Waals surface area contributed by atoms with Crippen molar-refractivity contribution in [2.45, 2.75) is 48.8 Å². The molecule has 1 heterocycles. The van der Waals surface area contributed by atoms with E-state index in [0.717, 1.165) is 16.7 Å². The number of halogens is 3. The first-order valence-corrected chi connectivity index (χ1v) is 13.9. The molecule has 0 unspecified atom stereocenters. The number of nitrogens with zero attached hydrogens (tertiary/aromatic N) is 1. The van der Waals surface area contributed by atoms with E-state index in [0.29, 0.717) is 12.2 Å². The molecular formula is C30H33Cl3N2O4. The van der Waals surface area contributed by atoms with Crippen LogP contribution in [-0.4, -0.2) is 39.4 Å². The van der Waals surface area contributed by atoms with Crippen LogP contribution >= 0.6 is 34.8 Å². The average Bonchev–Trinajstić information content (AvgIpc) is 2.94. The smallest absolute Gasteiger partial charge is 0.276 e. The number of aliphatic hydroxyl groups is 1. The number of likely N-dealkylation sites (N-methyl/N-ethyl adjacent to an activating group) is 1. The van der Waals surface area contributed by atoms with E-state index in [2.05, 4.69) is 43.2 Å². The summed E-state index contributed by atoms with van der Waals surface area (Å²) in [5.41, 5.74) is 4.25. The van der Waals surface area contributed by atoms with Gasteiger partial charge in [0.1, 0.15) is 0 Å². The monoisotopic (exact) mass is 590 g/mol. The zero-order valence-corrected chi connectivity index (χ0v) is 24.3. The average molecular weight is 592 g/mol. The van der Waals surface area contributed by atoms with E-state index in [9.17, 15) is 9.90 Å². The lowest BCUT2D eigenvalue weighted by molar-refractivity contribution is -0.276. The van der Waals surface area contributed by atoms with Gasteiger partial charge in [-0.15, -0.1) is 0 Å². The van der Waals surface area contributed by atoms with E-state index >= 15 is 0 Å². The Morgan fingerprint density at radius 3 is 2.33 bits per heavy atom. The van der Waals surface area contributed by atoms with E-state index in [1.807, 2.05) is 48.5 Å². The molecule has 3 aromatic carbocycles. The van der Waals surface area contributed by atoms with Gasteiger partial charge in [0.15, 0.2) is 6.29 Å². The Morgan fingerprint density at radius 1 is 1.00 bits per heavy atom. The molecule has 9 heteroatoms. The van der Waals surface area contributed by atoms with Crippen molar-refractivity contribution >= 4 is 46.4 Å². The maximum Gasteiger partial charge on any atom is 0.276 e. The fourth-order valence-corrected chi connectivity index (χ4v) is 4.86. The van der Waals surface area contributed by atoms with Gasteiger partial charge in [0.2, 0.25) is 0 Å². The molecule has 6 nitrogen and oxygen atoms in total. The normalized spacial score (nSPS) is 22.5. The topological polar surface area (TPSA) is 71.0 Å². The van der Waals surface area contributed by atoms with Gasteiger partial charge in [0.05, 0.1) is 18.8 Å². The van der Waals surface area contributed by atoms with E-state index in [-0.39, 0.29) is 30.8 Å². The van der Waals surface area contributed by atoms with E-state index in [4.69, 9.17) is 44.3 Å². The Kier molecular flexibility index (Phi) is 9.94. The number of hydrogen-bond donors (Lipinski definition) is 2. The Labute approximate surface area is 244 Å². The van der Waals surface area contributed by atoms with Crippen molar-refractivity contribution in [2.75, 3.05) is 18.9 Å². The fourth-order valence-electron chi connectivity index (χ4n) is 4.72. The molecule has 1 amide bonds. The second kappa shape index (κ2) is 13.0. The minimum Gasteiger partial charge on any atom is -0.392 e. The molecule has 1 fully saturated rings. The molecule has 0 aliphatic carbocycles. The first-order valence-electron chi connectivity index (χ1n) is 12.8. The highest BCUT2D eigenvalue weighted by Crippen LogP contribution is 2.42. The van der Waals surface area contributed by atoms with Crippen LogP contribution < -0.4 is 5.32 Å². The van der Waals surface area contributed by atoms with E-state index in [1.165, 1.54) is 5.56 Å². The van der Waals surface area contributed by atoms with Crippen LogP contribution in [0.4, 0.5) is 5.69 Å². The zero-order chi connectivity index (χ0) is 28.2. The van der Waals surface area contributed by atoms with Crippen LogP contribution in [0.5, 0.6) is 0 Å². The van der Waals surface area contributed by atoms with Crippen molar-refractivity contribution in [3.8, 4) is 0 Å². The fraction of sp³-hybridized carbons (Fsp3) is 0.367. The summed E-state index contributed by atoms with van der Waals surface area (Å²) in [6.45, 7) is 4.96. The summed E-state index contributed by atoms with van der Waals surface area (Å²) in [4.78, 5) is 14.5. The molecule has 0 bridgehead atoms. The van der Waals surface area contributed by atoms with E-state index in [1.54, 1.807) is 18.2 Å². The van der Waals surface area contributed by atoms with E-state index < -0.39 is 16.0 Å². The first kappa shape index (κ1) is 29.8. The Balaban J connectivity index is 1.61. The van der Waals surface area contributed by atoms with Gasteiger partial charge in [-0.1, -0.05) is 108 Å². The molecule has 0 radical (unpaired) electrons. The number of ether oxygens (including phenoxy) is 2. The van der Waals surface area contributed by atoms with Crippen LogP contribution in [0.1, 0.15) is 54.5 Å². The quantitative estimate of drug-likeness (QED) is 0.277. The molecule has 0 saturated carbocycles. The predicted molar refractivity (Wildman–Crippen MR) is 156 cm³/mol. The number of carbonyl (C=O) groups is 1. The Hall–Kier alpha value is -2.16. The number of rotatable bonds is 8. The molecule has 208 valence electrons. The van der Waals surface area contributed by atoms with Crippen LogP contribution in [0.25, 0.3) is 0 Å². The minimum atomic E-state index is -2.08. The molecule has 0 aromatic heterocycles. The van der Waals surface area contributed by atoms with Crippen LogP contribution in [0.15, 0.2) is 78.9 Å². The van der Waals surface area contributed by atoms with Crippen molar-refractivity contribution in [1.82, 2.24) is 4.90 Å². The molecule has 1 aliphatic rings. The number of anilines is 1. The van der Waals surface area contributed by atoms with Crippen molar-refractivity contribution in [1.29, 1.82) is 0 Å². The SMILES string of the molecule is C[C@H]1[C@@H](CN(C)[C@@H](C)c2ccccc2)O[C@@H](c2cccc(NC(=O)C(Cl)(Cl)Cl)c2)O[C@H]1c1ccc(CO)cc1. The van der Waals surface area contributed by atoms with Crippen LogP contribution in [0, 0.1) is 5.92 Å². The lowest BCUT2D eigenvalue weighted by Crippen LogP contribution is -2.44. The third-order valence-electron chi connectivity index (χ3n) is 7.21. The molecule has 5 atom stereocenters. The van der Waals surface area contributed by atoms with Gasteiger partial charge in [0, 0.05) is 29.8 Å². The Morgan fingerprint density at radius 2 is 1.69 bits per heavy atom. The number of hydrogen-bond acceptors (Lipinski definition) is 5. The lowest BCUT2D eigenvalue weighted by Gasteiger charge is -2.43. The standard InChI is InChI=1S/C30H33Cl3N2O4/c1-19-26(17-35(3)20(2)22-8-5-4-6-9-22)38-28(39-27(19)23-14-12-21(18-36)13-15-23)24-10-7-11-25(16-24)34-29(37)30(31,32)33/h4-16,19-20,26-28,36H,17-18H2,1-3H3,(H,34,37)/t19-,20-,26+,27+,28+/m0/s1. The minimum absolute atomic E-state index is 0.0232. The van der Waals surface area contributed by atoms with Gasteiger partial charge >= 0.3 is 0 Å². The molecule has 2 N–H and O–H groups in total. The van der Waals surface area contributed by atoms with Crippen molar-refractivity contribution in [3.63, 3.8) is 0 Å². The van der Waals surface area contributed by atoms with Gasteiger partial charge < -0.3 is 19.9 Å². The molecular weight excluding hydrogens is 559 g/mol. The second-order valence-corrected chi connectivity index (χ2v) is 12.2. The number of carbonyl (C=O) groups excluding carboxylic acids is 1. The van der Waals surface area contributed by atoms with Gasteiger partial charge in [-0.05, 0) is 42.8 Å². The zero-order valence-electron chi connectivity index (χ0n) is 22.1. The molecule has 39 heavy (non-hydrogen) atoms. The van der Waals surface area contributed by atoms with Crippen molar-refractivity contribution < 1.29 is 19.4 Å². The second-order valence-electron chi connectivity index (χ2n) is 9.93. The largest absolute Gasteiger partial charge is 0.392 e. The number of amides is 1. The summed E-state index contributed by atoms with van der Waals surface area (Å²) < 4.78 is 11.0. The number of nitrogens with one attached hydrogen (secondary N) is 1. The number of aliphatic hydroxyl groups excluding tert-OH is 1. The van der Waals surface area contributed by atoms with Crippen LogP contribution in [0.2, 0.25) is 0 Å². The highest BCUT2D eigenvalue weighted by molar-refractivity contribution is 6.76. The van der Waals surface area contributed by atoms with Crippen molar-refractivity contribution in [2.24, 2.45) is 5.92 Å². The summed E-state index contributed by atoms with van der Waals surface area (Å²) in [5, 5.41) is 12.1. The summed E-state index contributed by atoms with van der Waals surface area (Å²) >= 11 is 17.2. The first-order chi connectivity index (χ1) is 18.6. The van der Waals surface area contributed by atoms with Gasteiger partial charge in [0.25, 0.3) is 9.70 Å². The molecule has 0 spiro atoms. The molecule has 3 aromatic rings. The highest BCUT2D eigenvalue weighted by atomic mass is 35.6.